The summed E-state index contributed by atoms with van der Waals surface area (Å²) in [6.07, 6.45) is 0.901. The Labute approximate surface area is 134 Å². The van der Waals surface area contributed by atoms with Crippen LogP contribution in [0.2, 0.25) is 0 Å². The highest BCUT2D eigenvalue weighted by atomic mass is 32.2. The lowest BCUT2D eigenvalue weighted by Crippen LogP contribution is -2.34. The minimum atomic E-state index is -0.246. The van der Waals surface area contributed by atoms with E-state index in [2.05, 4.69) is 5.32 Å². The van der Waals surface area contributed by atoms with E-state index >= 15 is 0 Å². The van der Waals surface area contributed by atoms with Crippen LogP contribution in [0.1, 0.15) is 41.0 Å². The second kappa shape index (κ2) is 7.45. The molecular weight excluding hydrogens is 300 g/mol. The van der Waals surface area contributed by atoms with E-state index < -0.39 is 0 Å². The van der Waals surface area contributed by atoms with Gasteiger partial charge in [-0.25, -0.2) is 0 Å². The Morgan fingerprint density at radius 1 is 1.23 bits per heavy atom. The van der Waals surface area contributed by atoms with Crippen molar-refractivity contribution < 1.29 is 14.4 Å². The smallest absolute Gasteiger partial charge is 0.261 e. The zero-order chi connectivity index (χ0) is 16.1. The first-order valence-corrected chi connectivity index (χ1v) is 8.45. The molecule has 118 valence electrons. The van der Waals surface area contributed by atoms with Crippen LogP contribution in [0.4, 0.5) is 0 Å². The van der Waals surface area contributed by atoms with Crippen LogP contribution < -0.4 is 5.32 Å². The van der Waals surface area contributed by atoms with Crippen LogP contribution in [0.3, 0.4) is 0 Å². The van der Waals surface area contributed by atoms with Gasteiger partial charge < -0.3 is 5.32 Å². The van der Waals surface area contributed by atoms with E-state index in [1.165, 1.54) is 16.7 Å². The molecule has 0 saturated carbocycles. The molecule has 0 fully saturated rings. The summed E-state index contributed by atoms with van der Waals surface area (Å²) in [5, 5.41) is 2.64. The number of benzene rings is 1. The molecule has 1 aromatic carbocycles. The molecule has 3 amide bonds. The van der Waals surface area contributed by atoms with E-state index in [9.17, 15) is 14.4 Å². The number of fused-ring (bicyclic) bond motifs is 1. The first kappa shape index (κ1) is 16.5. The van der Waals surface area contributed by atoms with Crippen LogP contribution in [0.15, 0.2) is 24.3 Å². The predicted molar refractivity (Wildman–Crippen MR) is 87.0 cm³/mol. The maximum atomic E-state index is 12.2. The molecule has 0 spiro atoms. The van der Waals surface area contributed by atoms with E-state index in [-0.39, 0.29) is 23.0 Å². The van der Waals surface area contributed by atoms with Gasteiger partial charge >= 0.3 is 0 Å². The van der Waals surface area contributed by atoms with Gasteiger partial charge in [0, 0.05) is 18.8 Å². The van der Waals surface area contributed by atoms with Crippen LogP contribution in [-0.2, 0) is 4.79 Å². The SMILES string of the molecule is CCCNC(=O)[C@@H](C)SCCN1C(=O)c2ccccc2C1=O. The second-order valence-corrected chi connectivity index (χ2v) is 6.56. The maximum absolute atomic E-state index is 12.2. The number of amides is 3. The highest BCUT2D eigenvalue weighted by Crippen LogP contribution is 2.23. The number of thioether (sulfide) groups is 1. The normalized spacial score (nSPS) is 14.9. The summed E-state index contributed by atoms with van der Waals surface area (Å²) >= 11 is 1.45. The Bertz CT molecular complexity index is 554. The third kappa shape index (κ3) is 3.50. The number of hydrogen-bond donors (Lipinski definition) is 1. The lowest BCUT2D eigenvalue weighted by Gasteiger charge is -2.15. The van der Waals surface area contributed by atoms with Crippen molar-refractivity contribution in [3.05, 3.63) is 35.4 Å². The van der Waals surface area contributed by atoms with Gasteiger partial charge in [0.1, 0.15) is 0 Å². The van der Waals surface area contributed by atoms with Gasteiger partial charge in [-0.15, -0.1) is 11.8 Å². The van der Waals surface area contributed by atoms with Gasteiger partial charge in [0.05, 0.1) is 16.4 Å². The van der Waals surface area contributed by atoms with Crippen molar-refractivity contribution in [1.82, 2.24) is 10.2 Å². The fourth-order valence-corrected chi connectivity index (χ4v) is 3.11. The summed E-state index contributed by atoms with van der Waals surface area (Å²) in [6.45, 7) is 4.82. The number of nitrogens with zero attached hydrogens (tertiary/aromatic N) is 1. The molecule has 0 aliphatic carbocycles. The number of hydrogen-bond acceptors (Lipinski definition) is 4. The Hall–Kier alpha value is -1.82. The summed E-state index contributed by atoms with van der Waals surface area (Å²) in [6, 6.07) is 6.85. The number of carbonyl (C=O) groups excluding carboxylic acids is 3. The number of carbonyl (C=O) groups is 3. The zero-order valence-corrected chi connectivity index (χ0v) is 13.6. The zero-order valence-electron chi connectivity index (χ0n) is 12.8. The molecule has 22 heavy (non-hydrogen) atoms. The lowest BCUT2D eigenvalue weighted by molar-refractivity contribution is -0.120. The van der Waals surface area contributed by atoms with Gasteiger partial charge in [-0.05, 0) is 25.5 Å². The highest BCUT2D eigenvalue weighted by molar-refractivity contribution is 8.00. The van der Waals surface area contributed by atoms with E-state index in [4.69, 9.17) is 0 Å². The molecule has 1 atom stereocenters. The molecule has 2 rings (SSSR count). The van der Waals surface area contributed by atoms with Crippen LogP contribution in [-0.4, -0.2) is 46.7 Å². The summed E-state index contributed by atoms with van der Waals surface area (Å²) in [5.74, 6) is 0.0504. The molecule has 0 saturated heterocycles. The maximum Gasteiger partial charge on any atom is 0.261 e. The van der Waals surface area contributed by atoms with Gasteiger partial charge in [-0.3, -0.25) is 19.3 Å². The van der Waals surface area contributed by atoms with Crippen LogP contribution in [0.25, 0.3) is 0 Å². The summed E-state index contributed by atoms with van der Waals surface area (Å²) in [5.41, 5.74) is 0.928. The molecule has 1 heterocycles. The highest BCUT2D eigenvalue weighted by Gasteiger charge is 2.34. The number of imide groups is 1. The van der Waals surface area contributed by atoms with Crippen molar-refractivity contribution in [3.63, 3.8) is 0 Å². The first-order valence-electron chi connectivity index (χ1n) is 7.40. The molecule has 5 nitrogen and oxygen atoms in total. The van der Waals surface area contributed by atoms with E-state index in [0.717, 1.165) is 6.42 Å². The van der Waals surface area contributed by atoms with E-state index in [1.807, 2.05) is 13.8 Å². The van der Waals surface area contributed by atoms with Crippen LogP contribution in [0.5, 0.6) is 0 Å². The monoisotopic (exact) mass is 320 g/mol. The topological polar surface area (TPSA) is 66.5 Å². The van der Waals surface area contributed by atoms with Gasteiger partial charge in [0.25, 0.3) is 11.8 Å². The minimum Gasteiger partial charge on any atom is -0.355 e. The quantitative estimate of drug-likeness (QED) is 0.780. The van der Waals surface area contributed by atoms with Gasteiger partial charge in [0.2, 0.25) is 5.91 Å². The third-order valence-electron chi connectivity index (χ3n) is 3.48. The molecule has 1 aliphatic heterocycles. The third-order valence-corrected chi connectivity index (χ3v) is 4.61. The van der Waals surface area contributed by atoms with Crippen LogP contribution >= 0.6 is 11.8 Å². The fraction of sp³-hybridized carbons (Fsp3) is 0.438. The summed E-state index contributed by atoms with van der Waals surface area (Å²) in [4.78, 5) is 37.4. The van der Waals surface area contributed by atoms with Crippen molar-refractivity contribution in [2.24, 2.45) is 0 Å². The molecule has 1 aromatic rings. The Balaban J connectivity index is 1.85. The Kier molecular flexibility index (Phi) is 5.60. The Morgan fingerprint density at radius 3 is 2.36 bits per heavy atom. The van der Waals surface area contributed by atoms with Crippen molar-refractivity contribution in [2.75, 3.05) is 18.8 Å². The average Bonchev–Trinajstić information content (AvgIpc) is 2.77. The minimum absolute atomic E-state index is 0.00536. The molecule has 0 aromatic heterocycles. The standard InChI is InChI=1S/C16H20N2O3S/c1-3-8-17-14(19)11(2)22-10-9-18-15(20)12-6-4-5-7-13(12)16(18)21/h4-7,11H,3,8-10H2,1-2H3,(H,17,19)/t11-/m1/s1. The predicted octanol–water partition coefficient (Wildman–Crippen LogP) is 1.93. The molecule has 1 aliphatic rings. The van der Waals surface area contributed by atoms with E-state index in [0.29, 0.717) is 30.0 Å². The molecule has 0 unspecified atom stereocenters. The number of rotatable bonds is 7. The number of nitrogens with one attached hydrogen (secondary N) is 1. The largest absolute Gasteiger partial charge is 0.355 e. The first-order chi connectivity index (χ1) is 10.6. The van der Waals surface area contributed by atoms with Gasteiger partial charge in [-0.1, -0.05) is 19.1 Å². The van der Waals surface area contributed by atoms with Gasteiger partial charge in [-0.2, -0.15) is 0 Å². The average molecular weight is 320 g/mol. The Morgan fingerprint density at radius 2 is 1.82 bits per heavy atom. The van der Waals surface area contributed by atoms with Gasteiger partial charge in [0.15, 0.2) is 0 Å². The molecular formula is C16H20N2O3S. The molecule has 1 N–H and O–H groups in total. The lowest BCUT2D eigenvalue weighted by atomic mass is 10.1. The van der Waals surface area contributed by atoms with Crippen molar-refractivity contribution in [2.45, 2.75) is 25.5 Å². The van der Waals surface area contributed by atoms with Crippen molar-refractivity contribution in [1.29, 1.82) is 0 Å². The van der Waals surface area contributed by atoms with Crippen LogP contribution in [0, 0.1) is 0 Å². The van der Waals surface area contributed by atoms with Crippen molar-refractivity contribution >= 4 is 29.5 Å². The summed E-state index contributed by atoms with van der Waals surface area (Å²) < 4.78 is 0. The molecule has 0 radical (unpaired) electrons. The molecule has 6 heteroatoms. The molecule has 0 bridgehead atoms. The fourth-order valence-electron chi connectivity index (χ4n) is 2.23. The second-order valence-electron chi connectivity index (χ2n) is 5.11. The van der Waals surface area contributed by atoms with E-state index in [1.54, 1.807) is 24.3 Å². The summed E-state index contributed by atoms with van der Waals surface area (Å²) in [7, 11) is 0. The van der Waals surface area contributed by atoms with Crippen molar-refractivity contribution in [3.8, 4) is 0 Å².